The van der Waals surface area contributed by atoms with Crippen molar-refractivity contribution in [2.24, 2.45) is 11.8 Å². The predicted molar refractivity (Wildman–Crippen MR) is 95.2 cm³/mol. The zero-order valence-electron chi connectivity index (χ0n) is 14.4. The van der Waals surface area contributed by atoms with Crippen molar-refractivity contribution >= 4 is 6.03 Å². The Labute approximate surface area is 148 Å². The van der Waals surface area contributed by atoms with Crippen LogP contribution in [0.5, 0.6) is 0 Å². The molecule has 4 rings (SSSR count). The summed E-state index contributed by atoms with van der Waals surface area (Å²) in [6.07, 6.45) is 15.0. The van der Waals surface area contributed by atoms with Crippen molar-refractivity contribution in [1.82, 2.24) is 25.2 Å². The Balaban J connectivity index is 1.21. The number of nitrogens with one attached hydrogen (secondary N) is 2. The van der Waals surface area contributed by atoms with Crippen LogP contribution in [0.3, 0.4) is 0 Å². The van der Waals surface area contributed by atoms with E-state index < -0.39 is 0 Å². The van der Waals surface area contributed by atoms with Crippen molar-refractivity contribution in [2.45, 2.75) is 51.1 Å². The minimum Gasteiger partial charge on any atom is -0.335 e. The summed E-state index contributed by atoms with van der Waals surface area (Å²) in [6.45, 7) is 0.490. The van der Waals surface area contributed by atoms with Gasteiger partial charge < -0.3 is 10.6 Å². The van der Waals surface area contributed by atoms with Crippen LogP contribution in [0.15, 0.2) is 37.1 Å². The van der Waals surface area contributed by atoms with Crippen molar-refractivity contribution < 1.29 is 4.79 Å². The lowest BCUT2D eigenvalue weighted by atomic mass is 9.85. The fourth-order valence-corrected chi connectivity index (χ4v) is 3.93. The Kier molecular flexibility index (Phi) is 4.68. The standard InChI is InChI=1S/C19H25N5O/c25-19(23-17-10-16(17)15-4-2-1-3-5-15)22-12-14-6-7-18(21-11-14)24-9-8-20-13-24/h6-9,11,13,15-17H,1-5,10,12H2,(H2,22,23,25). The first kappa shape index (κ1) is 16.1. The van der Waals surface area contributed by atoms with Crippen LogP contribution in [0.1, 0.15) is 44.1 Å². The highest BCUT2D eigenvalue weighted by atomic mass is 16.2. The topological polar surface area (TPSA) is 71.8 Å². The molecule has 0 aliphatic heterocycles. The normalized spacial score (nSPS) is 23.2. The van der Waals surface area contributed by atoms with Crippen LogP contribution in [-0.2, 0) is 6.54 Å². The summed E-state index contributed by atoms with van der Waals surface area (Å²) in [5, 5.41) is 6.06. The molecule has 2 aliphatic rings. The van der Waals surface area contributed by atoms with E-state index in [4.69, 9.17) is 0 Å². The van der Waals surface area contributed by atoms with E-state index >= 15 is 0 Å². The molecule has 0 bridgehead atoms. The monoisotopic (exact) mass is 339 g/mol. The fraction of sp³-hybridized carbons (Fsp3) is 0.526. The zero-order valence-corrected chi connectivity index (χ0v) is 14.4. The van der Waals surface area contributed by atoms with E-state index in [1.54, 1.807) is 18.7 Å². The van der Waals surface area contributed by atoms with E-state index in [-0.39, 0.29) is 6.03 Å². The van der Waals surface area contributed by atoms with Crippen LogP contribution >= 0.6 is 0 Å². The van der Waals surface area contributed by atoms with Gasteiger partial charge in [-0.2, -0.15) is 0 Å². The molecule has 2 amide bonds. The van der Waals surface area contributed by atoms with Crippen molar-refractivity contribution in [2.75, 3.05) is 0 Å². The molecule has 2 fully saturated rings. The van der Waals surface area contributed by atoms with Crippen LogP contribution in [-0.4, -0.2) is 26.6 Å². The lowest BCUT2D eigenvalue weighted by Gasteiger charge is -2.21. The molecule has 2 saturated carbocycles. The predicted octanol–water partition coefficient (Wildman–Crippen LogP) is 3.04. The highest BCUT2D eigenvalue weighted by molar-refractivity contribution is 5.74. The van der Waals surface area contributed by atoms with Gasteiger partial charge in [-0.15, -0.1) is 0 Å². The summed E-state index contributed by atoms with van der Waals surface area (Å²) < 4.78 is 1.85. The molecule has 2 N–H and O–H groups in total. The molecule has 0 aromatic carbocycles. The fourth-order valence-electron chi connectivity index (χ4n) is 3.93. The summed E-state index contributed by atoms with van der Waals surface area (Å²) in [5.74, 6) is 2.36. The van der Waals surface area contributed by atoms with Crippen molar-refractivity contribution in [1.29, 1.82) is 0 Å². The van der Waals surface area contributed by atoms with Crippen molar-refractivity contribution in [3.05, 3.63) is 42.6 Å². The molecule has 2 atom stereocenters. The SMILES string of the molecule is O=C(NCc1ccc(-n2ccnc2)nc1)NC1CC1C1CCCCC1. The van der Waals surface area contributed by atoms with Gasteiger partial charge in [0.2, 0.25) is 0 Å². The van der Waals surface area contributed by atoms with Crippen molar-refractivity contribution in [3.63, 3.8) is 0 Å². The Hall–Kier alpha value is -2.37. The van der Waals surface area contributed by atoms with Crippen LogP contribution < -0.4 is 10.6 Å². The molecule has 6 nitrogen and oxygen atoms in total. The van der Waals surface area contributed by atoms with Gasteiger partial charge in [0, 0.05) is 31.2 Å². The summed E-state index contributed by atoms with van der Waals surface area (Å²) in [4.78, 5) is 20.5. The molecule has 2 aromatic rings. The molecule has 0 spiro atoms. The van der Waals surface area contributed by atoms with Gasteiger partial charge in [0.25, 0.3) is 0 Å². The van der Waals surface area contributed by atoms with E-state index in [1.807, 2.05) is 22.9 Å². The van der Waals surface area contributed by atoms with Crippen LogP contribution in [0.25, 0.3) is 5.82 Å². The molecular formula is C19H25N5O. The van der Waals surface area contributed by atoms with Gasteiger partial charge in [-0.05, 0) is 29.9 Å². The number of pyridine rings is 1. The van der Waals surface area contributed by atoms with Crippen LogP contribution in [0, 0.1) is 11.8 Å². The maximum atomic E-state index is 12.1. The van der Waals surface area contributed by atoms with E-state index in [9.17, 15) is 4.79 Å². The number of amides is 2. The molecular weight excluding hydrogens is 314 g/mol. The largest absolute Gasteiger partial charge is 0.335 e. The van der Waals surface area contributed by atoms with Gasteiger partial charge in [0.1, 0.15) is 12.1 Å². The number of hydrogen-bond acceptors (Lipinski definition) is 3. The minimum absolute atomic E-state index is 0.0676. The van der Waals surface area contributed by atoms with Gasteiger partial charge in [0.05, 0.1) is 0 Å². The maximum absolute atomic E-state index is 12.1. The highest BCUT2D eigenvalue weighted by Gasteiger charge is 2.43. The van der Waals surface area contributed by atoms with Crippen LogP contribution in [0.4, 0.5) is 4.79 Å². The van der Waals surface area contributed by atoms with Gasteiger partial charge >= 0.3 is 6.03 Å². The highest BCUT2D eigenvalue weighted by Crippen LogP contribution is 2.44. The van der Waals surface area contributed by atoms with E-state index in [0.29, 0.717) is 18.5 Å². The lowest BCUT2D eigenvalue weighted by molar-refractivity contribution is 0.237. The molecule has 2 aromatic heterocycles. The molecule has 2 heterocycles. The average molecular weight is 339 g/mol. The van der Waals surface area contributed by atoms with Gasteiger partial charge in [-0.1, -0.05) is 38.2 Å². The summed E-state index contributed by atoms with van der Waals surface area (Å²) in [5.41, 5.74) is 0.985. The third-order valence-corrected chi connectivity index (χ3v) is 5.44. The summed E-state index contributed by atoms with van der Waals surface area (Å²) >= 11 is 0. The lowest BCUT2D eigenvalue weighted by Crippen LogP contribution is -2.37. The molecule has 25 heavy (non-hydrogen) atoms. The number of nitrogens with zero attached hydrogens (tertiary/aromatic N) is 3. The smallest absolute Gasteiger partial charge is 0.315 e. The van der Waals surface area contributed by atoms with Gasteiger partial charge in [-0.25, -0.2) is 14.8 Å². The van der Waals surface area contributed by atoms with E-state index in [0.717, 1.165) is 23.7 Å². The Morgan fingerprint density at radius 3 is 2.84 bits per heavy atom. The second-order valence-electron chi connectivity index (χ2n) is 7.23. The number of carbonyl (C=O) groups is 1. The van der Waals surface area contributed by atoms with Crippen LogP contribution in [0.2, 0.25) is 0 Å². The first-order chi connectivity index (χ1) is 12.3. The van der Waals surface area contributed by atoms with Gasteiger partial charge in [0.15, 0.2) is 0 Å². The minimum atomic E-state index is -0.0676. The third kappa shape index (κ3) is 4.00. The first-order valence-corrected chi connectivity index (χ1v) is 9.27. The Morgan fingerprint density at radius 2 is 2.12 bits per heavy atom. The number of aromatic nitrogens is 3. The number of imidazole rings is 1. The molecule has 0 radical (unpaired) electrons. The molecule has 2 unspecified atom stereocenters. The maximum Gasteiger partial charge on any atom is 0.315 e. The Bertz CT molecular complexity index is 691. The molecule has 132 valence electrons. The summed E-state index contributed by atoms with van der Waals surface area (Å²) in [7, 11) is 0. The number of hydrogen-bond donors (Lipinski definition) is 2. The number of rotatable bonds is 5. The zero-order chi connectivity index (χ0) is 17.1. The number of urea groups is 1. The second-order valence-corrected chi connectivity index (χ2v) is 7.23. The molecule has 6 heteroatoms. The molecule has 2 aliphatic carbocycles. The molecule has 0 saturated heterocycles. The first-order valence-electron chi connectivity index (χ1n) is 9.27. The van der Waals surface area contributed by atoms with E-state index in [1.165, 1.54) is 32.1 Å². The Morgan fingerprint density at radius 1 is 1.24 bits per heavy atom. The number of carbonyl (C=O) groups excluding carboxylic acids is 1. The second kappa shape index (κ2) is 7.25. The van der Waals surface area contributed by atoms with E-state index in [2.05, 4.69) is 20.6 Å². The van der Waals surface area contributed by atoms with Crippen molar-refractivity contribution in [3.8, 4) is 5.82 Å². The summed E-state index contributed by atoms with van der Waals surface area (Å²) in [6, 6.07) is 4.22. The third-order valence-electron chi connectivity index (χ3n) is 5.44. The van der Waals surface area contributed by atoms with Gasteiger partial charge in [-0.3, -0.25) is 4.57 Å². The quantitative estimate of drug-likeness (QED) is 0.879. The average Bonchev–Trinajstić information content (AvgIpc) is 3.19.